The van der Waals surface area contributed by atoms with E-state index in [1.54, 1.807) is 12.1 Å². The van der Waals surface area contributed by atoms with Gasteiger partial charge in [-0.25, -0.2) is 0 Å². The van der Waals surface area contributed by atoms with Gasteiger partial charge < -0.3 is 5.32 Å². The summed E-state index contributed by atoms with van der Waals surface area (Å²) in [7, 11) is 0. The number of benzene rings is 3. The van der Waals surface area contributed by atoms with E-state index in [1.165, 1.54) is 12.1 Å². The molecule has 0 atom stereocenters. The third-order valence-corrected chi connectivity index (χ3v) is 4.42. The van der Waals surface area contributed by atoms with Gasteiger partial charge in [-0.05, 0) is 57.7 Å². The molecule has 28 heavy (non-hydrogen) atoms. The minimum Gasteiger partial charge on any atom is -0.352 e. The second kappa shape index (κ2) is 8.21. The number of hydrogen-bond acceptors (Lipinski definition) is 2. The van der Waals surface area contributed by atoms with Crippen LogP contribution in [0.25, 0.3) is 21.9 Å². The second-order valence-corrected chi connectivity index (χ2v) is 6.33. The minimum atomic E-state index is -4.36. The summed E-state index contributed by atoms with van der Waals surface area (Å²) >= 11 is 0. The zero-order chi connectivity index (χ0) is 20.1. The highest BCUT2D eigenvalue weighted by molar-refractivity contribution is 6.02. The average Bonchev–Trinajstić information content (AvgIpc) is 2.69. The van der Waals surface area contributed by atoms with Crippen molar-refractivity contribution in [2.45, 2.75) is 12.6 Å². The molecular formula is C21H19F3N3O+. The minimum absolute atomic E-state index is 0.196. The van der Waals surface area contributed by atoms with Gasteiger partial charge in [0.2, 0.25) is 0 Å². The van der Waals surface area contributed by atoms with E-state index in [9.17, 15) is 18.0 Å². The Labute approximate surface area is 159 Å². The molecule has 0 bridgehead atoms. The lowest BCUT2D eigenvalue weighted by Gasteiger charge is -2.11. The van der Waals surface area contributed by atoms with Gasteiger partial charge >= 0.3 is 6.18 Å². The largest absolute Gasteiger partial charge is 0.416 e. The average molecular weight is 386 g/mol. The van der Waals surface area contributed by atoms with E-state index in [0.717, 1.165) is 28.5 Å². The zero-order valence-corrected chi connectivity index (χ0v) is 15.0. The number of halogens is 3. The Morgan fingerprint density at radius 2 is 1.79 bits per heavy atom. The summed E-state index contributed by atoms with van der Waals surface area (Å²) in [6, 6.07) is 15.9. The Morgan fingerprint density at radius 1 is 1.04 bits per heavy atom. The highest BCUT2D eigenvalue weighted by Crippen LogP contribution is 2.33. The van der Waals surface area contributed by atoms with Gasteiger partial charge in [0.25, 0.3) is 5.91 Å². The highest BCUT2D eigenvalue weighted by Gasteiger charge is 2.30. The summed E-state index contributed by atoms with van der Waals surface area (Å²) in [5.41, 5.74) is 6.39. The number of amides is 1. The number of carbonyl (C=O) groups is 1. The van der Waals surface area contributed by atoms with Crippen molar-refractivity contribution in [3.63, 3.8) is 0 Å². The lowest BCUT2D eigenvalue weighted by Crippen LogP contribution is -2.27. The lowest BCUT2D eigenvalue weighted by molar-refractivity contribution is -0.221. The number of rotatable bonds is 6. The first-order chi connectivity index (χ1) is 13.4. The molecule has 0 aliphatic heterocycles. The molecule has 3 rings (SSSR count). The number of hydrogen-bond donors (Lipinski definition) is 2. The fraction of sp³-hybridized carbons (Fsp3) is 0.190. The van der Waals surface area contributed by atoms with Crippen LogP contribution in [0.5, 0.6) is 0 Å². The molecule has 0 saturated heterocycles. The summed E-state index contributed by atoms with van der Waals surface area (Å²) in [4.78, 5) is 12.3. The molecule has 0 fully saturated rings. The molecule has 3 aromatic rings. The Bertz CT molecular complexity index is 998. The van der Waals surface area contributed by atoms with E-state index in [-0.39, 0.29) is 5.91 Å². The molecular weight excluding hydrogens is 367 g/mol. The molecule has 3 aromatic carbocycles. The Morgan fingerprint density at radius 3 is 2.46 bits per heavy atom. The molecule has 0 aromatic heterocycles. The van der Waals surface area contributed by atoms with Crippen molar-refractivity contribution < 1.29 is 23.5 Å². The molecule has 0 aliphatic rings. The van der Waals surface area contributed by atoms with Crippen LogP contribution in [0.1, 0.15) is 22.3 Å². The Hall–Kier alpha value is -3.22. The van der Waals surface area contributed by atoms with E-state index in [4.69, 9.17) is 5.53 Å². The maximum absolute atomic E-state index is 12.8. The van der Waals surface area contributed by atoms with Crippen molar-refractivity contribution in [3.8, 4) is 11.1 Å². The van der Waals surface area contributed by atoms with Crippen LogP contribution in [-0.4, -0.2) is 19.0 Å². The molecule has 0 heterocycles. The van der Waals surface area contributed by atoms with Crippen LogP contribution in [0, 0.1) is 0 Å². The van der Waals surface area contributed by atoms with Crippen LogP contribution in [0.2, 0.25) is 0 Å². The third kappa shape index (κ3) is 4.36. The second-order valence-electron chi connectivity index (χ2n) is 6.33. The molecule has 0 spiro atoms. The first kappa shape index (κ1) is 19.5. The highest BCUT2D eigenvalue weighted by atomic mass is 19.4. The molecule has 3 N–H and O–H groups in total. The monoisotopic (exact) mass is 386 g/mol. The van der Waals surface area contributed by atoms with Crippen LogP contribution in [0.15, 0.2) is 65.8 Å². The van der Waals surface area contributed by atoms with E-state index in [1.807, 2.05) is 24.3 Å². The van der Waals surface area contributed by atoms with Gasteiger partial charge in [-0.15, -0.1) is 0 Å². The fourth-order valence-corrected chi connectivity index (χ4v) is 2.99. The molecule has 1 amide bonds. The van der Waals surface area contributed by atoms with Crippen LogP contribution in [0.4, 0.5) is 13.2 Å². The van der Waals surface area contributed by atoms with Crippen molar-refractivity contribution in [2.75, 3.05) is 13.1 Å². The number of fused-ring (bicyclic) bond motifs is 1. The number of alkyl halides is 3. The molecule has 4 nitrogen and oxygen atoms in total. The maximum atomic E-state index is 12.8. The van der Waals surface area contributed by atoms with Gasteiger partial charge in [-0.2, -0.15) is 18.7 Å². The number of carbonyl (C=O) groups excluding carboxylic acids is 1. The van der Waals surface area contributed by atoms with Gasteiger partial charge in [-0.1, -0.05) is 36.4 Å². The quantitative estimate of drug-likeness (QED) is 0.490. The van der Waals surface area contributed by atoms with Crippen LogP contribution in [0.3, 0.4) is 0 Å². The first-order valence-corrected chi connectivity index (χ1v) is 8.75. The van der Waals surface area contributed by atoms with E-state index >= 15 is 0 Å². The third-order valence-electron chi connectivity index (χ3n) is 4.42. The first-order valence-electron chi connectivity index (χ1n) is 8.75. The standard InChI is InChI=1S/C21H18F3N3O/c22-21(23,24)17-8-5-14(6-9-17)18-4-1-3-15-13-16(7-10-19(15)18)20(28)26-11-2-12-27-25/h1,3-10,13,25H,2,11-12H2,(H,26,28)/p+1. The zero-order valence-electron chi connectivity index (χ0n) is 15.0. The summed E-state index contributed by atoms with van der Waals surface area (Å²) < 4.78 is 38.3. The predicted octanol–water partition coefficient (Wildman–Crippen LogP) is 3.86. The van der Waals surface area contributed by atoms with Gasteiger partial charge in [0.05, 0.1) is 5.56 Å². The van der Waals surface area contributed by atoms with Crippen LogP contribution in [-0.2, 0) is 6.18 Å². The summed E-state index contributed by atoms with van der Waals surface area (Å²) in [6.45, 7) is 0.956. The van der Waals surface area contributed by atoms with E-state index in [0.29, 0.717) is 30.6 Å². The Kier molecular flexibility index (Phi) is 5.73. The Balaban J connectivity index is 1.87. The summed E-state index contributed by atoms with van der Waals surface area (Å²) in [5.74, 6) is -0.196. The van der Waals surface area contributed by atoms with Gasteiger partial charge in [0.15, 0.2) is 0 Å². The smallest absolute Gasteiger partial charge is 0.352 e. The van der Waals surface area contributed by atoms with Gasteiger partial charge in [0.1, 0.15) is 6.54 Å². The molecule has 0 radical (unpaired) electrons. The number of nitrogens with one attached hydrogen (secondary N) is 1. The van der Waals surface area contributed by atoms with Crippen molar-refractivity contribution in [2.24, 2.45) is 5.11 Å². The maximum Gasteiger partial charge on any atom is 0.416 e. The molecule has 0 aliphatic carbocycles. The normalized spacial score (nSPS) is 11.4. The van der Waals surface area contributed by atoms with Crippen molar-refractivity contribution in [1.29, 1.82) is 0 Å². The molecule has 144 valence electrons. The predicted molar refractivity (Wildman–Crippen MR) is 101 cm³/mol. The molecule has 7 heteroatoms. The van der Waals surface area contributed by atoms with Gasteiger partial charge in [-0.3, -0.25) is 4.79 Å². The molecule has 0 saturated carbocycles. The summed E-state index contributed by atoms with van der Waals surface area (Å²) in [5, 5.41) is 7.99. The van der Waals surface area contributed by atoms with Gasteiger partial charge in [0, 0.05) is 12.1 Å². The van der Waals surface area contributed by atoms with E-state index < -0.39 is 11.7 Å². The topological polar surface area (TPSA) is 67.1 Å². The SMILES string of the molecule is [NH2+]=NCCCNC(=O)c1ccc2c(-c3ccc(C(F)(F)F)cc3)cccc2c1. The van der Waals surface area contributed by atoms with Crippen LogP contribution < -0.4 is 10.8 Å². The van der Waals surface area contributed by atoms with Crippen molar-refractivity contribution in [3.05, 3.63) is 71.8 Å². The van der Waals surface area contributed by atoms with E-state index in [2.05, 4.69) is 10.4 Å². The number of nitrogens with two attached hydrogens (primary N) is 1. The number of nitrogens with zero attached hydrogens (tertiary/aromatic N) is 1. The fourth-order valence-electron chi connectivity index (χ4n) is 2.99. The summed E-state index contributed by atoms with van der Waals surface area (Å²) in [6.07, 6.45) is -3.70. The lowest BCUT2D eigenvalue weighted by atomic mass is 9.96. The molecule has 0 unspecified atom stereocenters. The van der Waals surface area contributed by atoms with Crippen molar-refractivity contribution >= 4 is 16.7 Å². The van der Waals surface area contributed by atoms with Crippen molar-refractivity contribution in [1.82, 2.24) is 5.32 Å². The van der Waals surface area contributed by atoms with Crippen LogP contribution >= 0.6 is 0 Å².